The normalized spacial score (nSPS) is 27.3. The lowest BCUT2D eigenvalue weighted by molar-refractivity contribution is 0.00457. The van der Waals surface area contributed by atoms with E-state index >= 15 is 0 Å². The van der Waals surface area contributed by atoms with E-state index in [1.165, 1.54) is 30.5 Å². The number of likely N-dealkylation sites (tertiary alicyclic amines) is 1. The molecule has 2 fully saturated rings. The van der Waals surface area contributed by atoms with Crippen molar-refractivity contribution in [2.45, 2.75) is 63.1 Å². The maximum Gasteiger partial charge on any atom is 0.261 e. The maximum atomic E-state index is 13.6. The highest BCUT2D eigenvalue weighted by atomic mass is 16.3. The molecule has 38 heavy (non-hydrogen) atoms. The summed E-state index contributed by atoms with van der Waals surface area (Å²) in [6.07, 6.45) is 6.35. The zero-order valence-corrected chi connectivity index (χ0v) is 21.6. The number of aromatic hydroxyl groups is 1. The number of amides is 1. The molecule has 6 nitrogen and oxygen atoms in total. The van der Waals surface area contributed by atoms with Crippen molar-refractivity contribution in [3.05, 3.63) is 98.0 Å². The summed E-state index contributed by atoms with van der Waals surface area (Å²) in [6, 6.07) is 16.4. The average Bonchev–Trinajstić information content (AvgIpc) is 3.63. The lowest BCUT2D eigenvalue weighted by atomic mass is 9.52. The van der Waals surface area contributed by atoms with E-state index in [2.05, 4.69) is 28.1 Å². The molecule has 1 aromatic heterocycles. The zero-order chi connectivity index (χ0) is 25.6. The number of fused-ring (bicyclic) bond motifs is 3. The van der Waals surface area contributed by atoms with Gasteiger partial charge in [0.05, 0.1) is 0 Å². The number of hydrogen-bond donors (Lipinski definition) is 2. The van der Waals surface area contributed by atoms with E-state index in [0.717, 1.165) is 60.5 Å². The van der Waals surface area contributed by atoms with Crippen molar-refractivity contribution < 1.29 is 9.90 Å². The molecular formula is C32H33N3O3. The first-order valence-electron chi connectivity index (χ1n) is 14.2. The quantitative estimate of drug-likeness (QED) is 0.563. The third kappa shape index (κ3) is 3.35. The van der Waals surface area contributed by atoms with Crippen molar-refractivity contribution in [3.8, 4) is 5.75 Å². The number of aromatic nitrogens is 1. The summed E-state index contributed by atoms with van der Waals surface area (Å²) < 4.78 is 0. The number of carbonyl (C=O) groups is 1. The number of piperidine rings is 1. The van der Waals surface area contributed by atoms with E-state index in [-0.39, 0.29) is 22.4 Å². The van der Waals surface area contributed by atoms with Gasteiger partial charge in [0.15, 0.2) is 0 Å². The number of hydrogen-bond acceptors (Lipinski definition) is 4. The summed E-state index contributed by atoms with van der Waals surface area (Å²) in [7, 11) is 0. The SMILES string of the molecule is O=C(c1cc2c([nH]c1=O)C[C@]13CCN(CC4CC4)[C@H](Cc4ccc(O)cc41)[C@@H]3C2)N1Cc2ccccc2C1. The predicted molar refractivity (Wildman–Crippen MR) is 144 cm³/mol. The van der Waals surface area contributed by atoms with Crippen LogP contribution in [0, 0.1) is 11.8 Å². The third-order valence-electron chi connectivity index (χ3n) is 10.2. The summed E-state index contributed by atoms with van der Waals surface area (Å²) in [4.78, 5) is 34.6. The van der Waals surface area contributed by atoms with Crippen molar-refractivity contribution in [1.82, 2.24) is 14.8 Å². The van der Waals surface area contributed by atoms with E-state index in [1.807, 2.05) is 30.3 Å². The Balaban J connectivity index is 1.17. The van der Waals surface area contributed by atoms with Gasteiger partial charge in [0.2, 0.25) is 0 Å². The molecule has 8 rings (SSSR count). The molecule has 3 atom stereocenters. The van der Waals surface area contributed by atoms with Crippen LogP contribution in [0.1, 0.15) is 63.1 Å². The molecule has 1 saturated carbocycles. The molecular weight excluding hydrogens is 474 g/mol. The first kappa shape index (κ1) is 22.6. The summed E-state index contributed by atoms with van der Waals surface area (Å²) >= 11 is 0. The number of aromatic amines is 1. The van der Waals surface area contributed by atoms with E-state index in [0.29, 0.717) is 30.8 Å². The number of nitrogens with one attached hydrogen (secondary N) is 1. The van der Waals surface area contributed by atoms with E-state index < -0.39 is 0 Å². The highest BCUT2D eigenvalue weighted by Gasteiger charge is 2.55. The average molecular weight is 508 g/mol. The number of carbonyl (C=O) groups excluding carboxylic acids is 1. The monoisotopic (exact) mass is 507 g/mol. The van der Waals surface area contributed by atoms with Gasteiger partial charge in [0, 0.05) is 36.8 Å². The van der Waals surface area contributed by atoms with Gasteiger partial charge in [-0.05, 0) is 103 Å². The Morgan fingerprint density at radius 1 is 1.00 bits per heavy atom. The maximum absolute atomic E-state index is 13.6. The molecule has 3 aliphatic carbocycles. The van der Waals surface area contributed by atoms with Crippen LogP contribution in [-0.2, 0) is 37.8 Å². The number of rotatable bonds is 3. The highest BCUT2D eigenvalue weighted by Crippen LogP contribution is 2.55. The van der Waals surface area contributed by atoms with Crippen molar-refractivity contribution in [2.24, 2.45) is 11.8 Å². The smallest absolute Gasteiger partial charge is 0.261 e. The number of H-pyrrole nitrogens is 1. The molecule has 2 bridgehead atoms. The van der Waals surface area contributed by atoms with Gasteiger partial charge >= 0.3 is 0 Å². The molecule has 6 heteroatoms. The number of pyridine rings is 1. The van der Waals surface area contributed by atoms with Gasteiger partial charge in [-0.3, -0.25) is 14.5 Å². The topological polar surface area (TPSA) is 76.6 Å². The van der Waals surface area contributed by atoms with Crippen LogP contribution in [0.5, 0.6) is 5.75 Å². The molecule has 2 aliphatic heterocycles. The van der Waals surface area contributed by atoms with Crippen molar-refractivity contribution >= 4 is 5.91 Å². The van der Waals surface area contributed by atoms with Crippen LogP contribution in [0.4, 0.5) is 0 Å². The molecule has 0 radical (unpaired) electrons. The second kappa shape index (κ2) is 8.06. The van der Waals surface area contributed by atoms with Gasteiger partial charge in [-0.15, -0.1) is 0 Å². The molecule has 3 aromatic rings. The molecule has 1 amide bonds. The van der Waals surface area contributed by atoms with Crippen LogP contribution in [0.15, 0.2) is 53.3 Å². The number of nitrogens with zero attached hydrogens (tertiary/aromatic N) is 2. The summed E-state index contributed by atoms with van der Waals surface area (Å²) in [5.41, 5.74) is 6.91. The van der Waals surface area contributed by atoms with Crippen LogP contribution >= 0.6 is 0 Å². The predicted octanol–water partition coefficient (Wildman–Crippen LogP) is 3.93. The van der Waals surface area contributed by atoms with Gasteiger partial charge in [0.1, 0.15) is 11.3 Å². The zero-order valence-electron chi connectivity index (χ0n) is 21.6. The van der Waals surface area contributed by atoms with E-state index in [9.17, 15) is 14.7 Å². The van der Waals surface area contributed by atoms with E-state index in [4.69, 9.17) is 0 Å². The fourth-order valence-electron chi connectivity index (χ4n) is 8.17. The summed E-state index contributed by atoms with van der Waals surface area (Å²) in [5, 5.41) is 10.4. The second-order valence-electron chi connectivity index (χ2n) is 12.4. The van der Waals surface area contributed by atoms with Crippen LogP contribution in [0.25, 0.3) is 0 Å². The standard InChI is InChI=1S/C32H33N3O3/c36-24-8-7-20-13-29-27-12-23-11-25(31(38)35-17-21-3-1-2-4-22(21)18-35)30(37)33-28(23)15-32(27,26(20)14-24)9-10-34(29)16-19-5-6-19/h1-4,7-8,11,14,19,27,29,36H,5-6,9-10,12-13,15-18H2,(H,33,37)/t27-,29+,32+/m0/s1. The fourth-order valence-corrected chi connectivity index (χ4v) is 8.17. The van der Waals surface area contributed by atoms with Gasteiger partial charge in [-0.1, -0.05) is 30.3 Å². The number of phenols is 1. The number of benzene rings is 2. The Morgan fingerprint density at radius 3 is 2.55 bits per heavy atom. The Kier molecular flexibility index (Phi) is 4.79. The summed E-state index contributed by atoms with van der Waals surface area (Å²) in [6.45, 7) is 3.35. The second-order valence-corrected chi connectivity index (χ2v) is 12.4. The first-order valence-corrected chi connectivity index (χ1v) is 14.2. The third-order valence-corrected chi connectivity index (χ3v) is 10.2. The highest BCUT2D eigenvalue weighted by molar-refractivity contribution is 5.94. The summed E-state index contributed by atoms with van der Waals surface area (Å²) in [5.74, 6) is 1.38. The number of phenolic OH excluding ortho intramolecular Hbond substituents is 1. The molecule has 2 N–H and O–H groups in total. The molecule has 3 heterocycles. The molecule has 5 aliphatic rings. The first-order chi connectivity index (χ1) is 18.5. The largest absolute Gasteiger partial charge is 0.508 e. The Morgan fingerprint density at radius 2 is 1.79 bits per heavy atom. The van der Waals surface area contributed by atoms with Crippen molar-refractivity contribution in [1.29, 1.82) is 0 Å². The van der Waals surface area contributed by atoms with Crippen LogP contribution in [0.3, 0.4) is 0 Å². The molecule has 194 valence electrons. The van der Waals surface area contributed by atoms with E-state index in [1.54, 1.807) is 4.90 Å². The minimum atomic E-state index is -0.283. The van der Waals surface area contributed by atoms with Crippen LogP contribution < -0.4 is 5.56 Å². The molecule has 0 unspecified atom stereocenters. The van der Waals surface area contributed by atoms with Crippen molar-refractivity contribution in [3.63, 3.8) is 0 Å². The lowest BCUT2D eigenvalue weighted by Gasteiger charge is -2.59. The fraction of sp³-hybridized carbons (Fsp3) is 0.438. The minimum Gasteiger partial charge on any atom is -0.508 e. The van der Waals surface area contributed by atoms with Gasteiger partial charge in [-0.2, -0.15) is 0 Å². The Labute approximate surface area is 222 Å². The van der Waals surface area contributed by atoms with Crippen molar-refractivity contribution in [2.75, 3.05) is 13.1 Å². The lowest BCUT2D eigenvalue weighted by Crippen LogP contribution is -2.63. The van der Waals surface area contributed by atoms with Gasteiger partial charge in [0.25, 0.3) is 11.5 Å². The van der Waals surface area contributed by atoms with Gasteiger partial charge in [-0.25, -0.2) is 0 Å². The van der Waals surface area contributed by atoms with Crippen LogP contribution in [-0.4, -0.2) is 44.9 Å². The Hall–Kier alpha value is -3.38. The minimum absolute atomic E-state index is 0.0882. The van der Waals surface area contributed by atoms with Crippen LogP contribution in [0.2, 0.25) is 0 Å². The Bertz CT molecular complexity index is 1510. The van der Waals surface area contributed by atoms with Gasteiger partial charge < -0.3 is 15.0 Å². The molecule has 1 saturated heterocycles. The molecule has 0 spiro atoms. The molecule has 2 aromatic carbocycles.